The number of fused-ring (bicyclic) bond motifs is 1. The first-order valence-electron chi connectivity index (χ1n) is 9.01. The number of rotatable bonds is 4. The number of aryl methyl sites for hydroxylation is 1. The van der Waals surface area contributed by atoms with Gasteiger partial charge in [0, 0.05) is 18.8 Å². The monoisotopic (exact) mass is 375 g/mol. The molecule has 1 aliphatic rings. The highest BCUT2D eigenvalue weighted by Crippen LogP contribution is 2.30. The van der Waals surface area contributed by atoms with Gasteiger partial charge in [0.25, 0.3) is 0 Å². The molecule has 0 saturated heterocycles. The van der Waals surface area contributed by atoms with Crippen LogP contribution in [-0.4, -0.2) is 28.0 Å². The molecule has 3 aromatic rings. The summed E-state index contributed by atoms with van der Waals surface area (Å²) in [6.45, 7) is 3.24. The Hall–Kier alpha value is -3.54. The molecule has 28 heavy (non-hydrogen) atoms. The number of benzene rings is 2. The van der Waals surface area contributed by atoms with Gasteiger partial charge in [-0.1, -0.05) is 29.4 Å². The van der Waals surface area contributed by atoms with Crippen molar-refractivity contribution in [2.45, 2.75) is 20.0 Å². The molecule has 1 aromatic heterocycles. The number of amidine groups is 1. The zero-order chi connectivity index (χ0) is 19.5. The Labute approximate surface area is 163 Å². The van der Waals surface area contributed by atoms with Gasteiger partial charge in [-0.25, -0.2) is 4.98 Å². The van der Waals surface area contributed by atoms with Gasteiger partial charge in [0.15, 0.2) is 5.84 Å². The van der Waals surface area contributed by atoms with E-state index in [0.29, 0.717) is 36.1 Å². The Kier molecular flexibility index (Phi) is 4.85. The quantitative estimate of drug-likeness (QED) is 0.318. The molecule has 142 valence electrons. The van der Waals surface area contributed by atoms with Crippen molar-refractivity contribution in [3.63, 3.8) is 0 Å². The molecule has 0 amide bonds. The van der Waals surface area contributed by atoms with Gasteiger partial charge < -0.3 is 19.6 Å². The van der Waals surface area contributed by atoms with Crippen LogP contribution in [0.4, 0.5) is 0 Å². The molecule has 0 bridgehead atoms. The first-order chi connectivity index (χ1) is 13.7. The number of hydrogen-bond acceptors (Lipinski definition) is 5. The van der Waals surface area contributed by atoms with Crippen molar-refractivity contribution >= 4 is 5.84 Å². The molecule has 0 radical (unpaired) electrons. The lowest BCUT2D eigenvalue weighted by Gasteiger charge is -2.20. The maximum atomic E-state index is 9.79. The minimum absolute atomic E-state index is 0.397. The number of methoxy groups -OCH3 is 1. The van der Waals surface area contributed by atoms with E-state index < -0.39 is 0 Å². The summed E-state index contributed by atoms with van der Waals surface area (Å²) < 4.78 is 11.2. The smallest absolute Gasteiger partial charge is 0.230 e. The van der Waals surface area contributed by atoms with E-state index in [1.807, 2.05) is 60.4 Å². The van der Waals surface area contributed by atoms with Crippen LogP contribution in [0.1, 0.15) is 22.4 Å². The van der Waals surface area contributed by atoms with Gasteiger partial charge in [0.1, 0.15) is 11.5 Å². The lowest BCUT2D eigenvalue weighted by Crippen LogP contribution is -2.27. The van der Waals surface area contributed by atoms with Crippen LogP contribution in [0.15, 0.2) is 65.8 Å². The number of nitrogens with zero attached hydrogens (tertiary/aromatic N) is 3. The van der Waals surface area contributed by atoms with E-state index in [1.54, 1.807) is 7.11 Å². The van der Waals surface area contributed by atoms with E-state index in [1.165, 1.54) is 11.1 Å². The largest absolute Gasteiger partial charge is 0.497 e. The second-order valence-electron chi connectivity index (χ2n) is 6.63. The zero-order valence-corrected chi connectivity index (χ0v) is 15.8. The molecule has 0 atom stereocenters. The fourth-order valence-electron chi connectivity index (χ4n) is 3.31. The predicted molar refractivity (Wildman–Crippen MR) is 106 cm³/mol. The topological polar surface area (TPSA) is 67.2 Å². The highest BCUT2D eigenvalue weighted by Gasteiger charge is 2.26. The molecule has 2 aromatic carbocycles. The van der Waals surface area contributed by atoms with Crippen LogP contribution in [0, 0.1) is 6.92 Å². The number of oxime groups is 1. The van der Waals surface area contributed by atoms with Gasteiger partial charge in [0.05, 0.1) is 12.7 Å². The predicted octanol–water partition coefficient (Wildman–Crippen LogP) is 4.34. The Balaban J connectivity index is 1.65. The molecule has 1 aliphatic heterocycles. The van der Waals surface area contributed by atoms with Gasteiger partial charge in [-0.05, 0) is 54.4 Å². The highest BCUT2D eigenvalue weighted by atomic mass is 16.5. The van der Waals surface area contributed by atoms with Crippen LogP contribution < -0.4 is 9.47 Å². The average molecular weight is 375 g/mol. The minimum Gasteiger partial charge on any atom is -0.497 e. The molecule has 6 nitrogen and oxygen atoms in total. The molecular formula is C22H21N3O3. The lowest BCUT2D eigenvalue weighted by atomic mass is 10.1. The fraction of sp³-hybridized carbons (Fsp3) is 0.182. The molecule has 4 rings (SSSR count). The van der Waals surface area contributed by atoms with E-state index in [-0.39, 0.29) is 0 Å². The van der Waals surface area contributed by atoms with E-state index in [2.05, 4.69) is 22.3 Å². The van der Waals surface area contributed by atoms with Gasteiger partial charge >= 0.3 is 0 Å². The standard InChI is InChI=1S/C22H21N3O3/c1-15-7-12-20(22(23-15)28-19-10-8-18(27-2)9-11-19)21(24-26)25-13-16-5-3-4-6-17(16)14-25/h3-12,26H,13-14H2,1-2H3/b24-21-. The van der Waals surface area contributed by atoms with Crippen LogP contribution in [0.2, 0.25) is 0 Å². The third-order valence-electron chi connectivity index (χ3n) is 4.75. The molecule has 0 fully saturated rings. The van der Waals surface area contributed by atoms with E-state index >= 15 is 0 Å². The van der Waals surface area contributed by atoms with E-state index in [9.17, 15) is 5.21 Å². The maximum absolute atomic E-state index is 9.79. The van der Waals surface area contributed by atoms with Crippen LogP contribution in [-0.2, 0) is 13.1 Å². The summed E-state index contributed by atoms with van der Waals surface area (Å²) in [5, 5.41) is 13.4. The van der Waals surface area contributed by atoms with Crippen LogP contribution in [0.25, 0.3) is 0 Å². The van der Waals surface area contributed by atoms with Crippen molar-refractivity contribution in [2.75, 3.05) is 7.11 Å². The first-order valence-corrected chi connectivity index (χ1v) is 9.01. The van der Waals surface area contributed by atoms with Crippen molar-refractivity contribution < 1.29 is 14.7 Å². The van der Waals surface area contributed by atoms with Crippen LogP contribution >= 0.6 is 0 Å². The molecular weight excluding hydrogens is 354 g/mol. The molecule has 1 N–H and O–H groups in total. The van der Waals surface area contributed by atoms with Crippen molar-refractivity contribution in [1.29, 1.82) is 0 Å². The Morgan fingerprint density at radius 1 is 0.964 bits per heavy atom. The fourth-order valence-corrected chi connectivity index (χ4v) is 3.31. The third-order valence-corrected chi connectivity index (χ3v) is 4.75. The summed E-state index contributed by atoms with van der Waals surface area (Å²) >= 11 is 0. The molecule has 0 spiro atoms. The Morgan fingerprint density at radius 3 is 2.21 bits per heavy atom. The van der Waals surface area contributed by atoms with Crippen molar-refractivity contribution in [2.24, 2.45) is 5.16 Å². The third kappa shape index (κ3) is 3.49. The van der Waals surface area contributed by atoms with E-state index in [0.717, 1.165) is 11.4 Å². The molecule has 6 heteroatoms. The van der Waals surface area contributed by atoms with Crippen LogP contribution in [0.5, 0.6) is 17.4 Å². The average Bonchev–Trinajstić information content (AvgIpc) is 3.14. The van der Waals surface area contributed by atoms with Gasteiger partial charge in [-0.3, -0.25) is 0 Å². The number of hydrogen-bond donors (Lipinski definition) is 1. The van der Waals surface area contributed by atoms with Crippen molar-refractivity contribution in [3.8, 4) is 17.4 Å². The summed E-state index contributed by atoms with van der Waals surface area (Å²) in [7, 11) is 1.62. The van der Waals surface area contributed by atoms with Gasteiger partial charge in [0.2, 0.25) is 5.88 Å². The number of ether oxygens (including phenoxy) is 2. The first kappa shape index (κ1) is 17.9. The zero-order valence-electron chi connectivity index (χ0n) is 15.8. The second-order valence-corrected chi connectivity index (χ2v) is 6.63. The van der Waals surface area contributed by atoms with Crippen LogP contribution in [0.3, 0.4) is 0 Å². The summed E-state index contributed by atoms with van der Waals surface area (Å²) in [6, 6.07) is 19.2. The summed E-state index contributed by atoms with van der Waals surface area (Å²) in [4.78, 5) is 6.54. The Morgan fingerprint density at radius 2 is 1.61 bits per heavy atom. The summed E-state index contributed by atoms with van der Waals surface area (Å²) in [5.41, 5.74) is 3.90. The molecule has 0 unspecified atom stereocenters. The number of pyridine rings is 1. The van der Waals surface area contributed by atoms with Gasteiger partial charge in [-0.15, -0.1) is 0 Å². The lowest BCUT2D eigenvalue weighted by molar-refractivity contribution is 0.301. The highest BCUT2D eigenvalue weighted by molar-refractivity contribution is 6.00. The SMILES string of the molecule is COc1ccc(Oc2nc(C)ccc2/C(=N/O)N2Cc3ccccc3C2)cc1. The van der Waals surface area contributed by atoms with Crippen molar-refractivity contribution in [3.05, 3.63) is 83.0 Å². The maximum Gasteiger partial charge on any atom is 0.230 e. The second kappa shape index (κ2) is 7.60. The Bertz CT molecular complexity index is 991. The van der Waals surface area contributed by atoms with E-state index in [4.69, 9.17) is 9.47 Å². The summed E-state index contributed by atoms with van der Waals surface area (Å²) in [5.74, 6) is 2.21. The molecule has 0 saturated carbocycles. The molecule has 0 aliphatic carbocycles. The number of aromatic nitrogens is 1. The van der Waals surface area contributed by atoms with Crippen molar-refractivity contribution in [1.82, 2.24) is 9.88 Å². The normalized spacial score (nSPS) is 13.4. The molecule has 2 heterocycles. The summed E-state index contributed by atoms with van der Waals surface area (Å²) in [6.07, 6.45) is 0. The minimum atomic E-state index is 0.397. The van der Waals surface area contributed by atoms with Gasteiger partial charge in [-0.2, -0.15) is 0 Å².